The first-order chi connectivity index (χ1) is 12.0. The molecule has 25 heavy (non-hydrogen) atoms. The summed E-state index contributed by atoms with van der Waals surface area (Å²) in [5.74, 6) is -0.601. The number of amides is 2. The summed E-state index contributed by atoms with van der Waals surface area (Å²) in [5.41, 5.74) is 1.23. The molecular weight excluding hydrogens is 318 g/mol. The number of benzene rings is 1. The van der Waals surface area contributed by atoms with Crippen LogP contribution in [0.25, 0.3) is 0 Å². The van der Waals surface area contributed by atoms with Crippen molar-refractivity contribution in [3.05, 3.63) is 30.3 Å². The summed E-state index contributed by atoms with van der Waals surface area (Å²) in [6.07, 6.45) is 1.71. The molecule has 0 aliphatic carbocycles. The van der Waals surface area contributed by atoms with E-state index in [4.69, 9.17) is 0 Å². The normalized spacial score (nSPS) is 26.5. The molecule has 2 saturated heterocycles. The van der Waals surface area contributed by atoms with Crippen LogP contribution >= 0.6 is 0 Å². The lowest BCUT2D eigenvalue weighted by atomic mass is 9.91. The predicted molar refractivity (Wildman–Crippen MR) is 96.6 cm³/mol. The Morgan fingerprint density at radius 2 is 1.96 bits per heavy atom. The fourth-order valence-electron chi connectivity index (χ4n) is 3.91. The summed E-state index contributed by atoms with van der Waals surface area (Å²) in [4.78, 5) is 27.7. The molecule has 0 bridgehead atoms. The molecule has 2 N–H and O–H groups in total. The third-order valence-electron chi connectivity index (χ3n) is 5.25. The molecule has 0 aromatic heterocycles. The maximum absolute atomic E-state index is 12.4. The second kappa shape index (κ2) is 7.76. The van der Waals surface area contributed by atoms with Crippen molar-refractivity contribution in [1.82, 2.24) is 10.2 Å². The van der Waals surface area contributed by atoms with Crippen LogP contribution in [0.5, 0.6) is 0 Å². The molecule has 2 heterocycles. The van der Waals surface area contributed by atoms with E-state index in [-0.39, 0.29) is 11.9 Å². The van der Waals surface area contributed by atoms with E-state index in [0.29, 0.717) is 32.0 Å². The highest BCUT2D eigenvalue weighted by Gasteiger charge is 2.32. The minimum Gasteiger partial charge on any atom is -0.481 e. The van der Waals surface area contributed by atoms with Crippen LogP contribution in [0.2, 0.25) is 0 Å². The molecule has 0 radical (unpaired) electrons. The van der Waals surface area contributed by atoms with Gasteiger partial charge < -0.3 is 20.2 Å². The zero-order chi connectivity index (χ0) is 17.8. The first-order valence-electron chi connectivity index (χ1n) is 9.08. The second-order valence-electron chi connectivity index (χ2n) is 7.40. The molecule has 1 aromatic rings. The Bertz CT molecular complexity index is 607. The van der Waals surface area contributed by atoms with Crippen LogP contribution in [0.1, 0.15) is 19.8 Å². The van der Waals surface area contributed by atoms with Crippen LogP contribution < -0.4 is 10.2 Å². The highest BCUT2D eigenvalue weighted by atomic mass is 16.4. The molecule has 3 rings (SSSR count). The fraction of sp³-hybridized carbons (Fsp3) is 0.579. The summed E-state index contributed by atoms with van der Waals surface area (Å²) in [6.45, 7) is 5.54. The van der Waals surface area contributed by atoms with Crippen molar-refractivity contribution in [2.75, 3.05) is 37.6 Å². The zero-order valence-electron chi connectivity index (χ0n) is 14.7. The van der Waals surface area contributed by atoms with E-state index < -0.39 is 11.9 Å². The maximum Gasteiger partial charge on any atom is 0.317 e. The van der Waals surface area contributed by atoms with E-state index in [2.05, 4.69) is 22.3 Å². The highest BCUT2D eigenvalue weighted by molar-refractivity contribution is 5.76. The smallest absolute Gasteiger partial charge is 0.317 e. The molecule has 0 spiro atoms. The van der Waals surface area contributed by atoms with Gasteiger partial charge in [0.1, 0.15) is 0 Å². The third-order valence-corrected chi connectivity index (χ3v) is 5.25. The van der Waals surface area contributed by atoms with Gasteiger partial charge in [-0.15, -0.1) is 0 Å². The van der Waals surface area contributed by atoms with Gasteiger partial charge in [0.05, 0.1) is 5.92 Å². The summed E-state index contributed by atoms with van der Waals surface area (Å²) >= 11 is 0. The maximum atomic E-state index is 12.4. The molecular formula is C19H27N3O3. The summed E-state index contributed by atoms with van der Waals surface area (Å²) < 4.78 is 0. The molecule has 136 valence electrons. The Labute approximate surface area is 148 Å². The number of likely N-dealkylation sites (tertiary alicyclic amines) is 1. The Morgan fingerprint density at radius 1 is 1.20 bits per heavy atom. The van der Waals surface area contributed by atoms with Gasteiger partial charge >= 0.3 is 12.0 Å². The number of hydrogen-bond donors (Lipinski definition) is 2. The topological polar surface area (TPSA) is 72.9 Å². The van der Waals surface area contributed by atoms with Gasteiger partial charge in [0.25, 0.3) is 0 Å². The van der Waals surface area contributed by atoms with E-state index in [1.54, 1.807) is 4.90 Å². The third kappa shape index (κ3) is 4.44. The molecule has 2 fully saturated rings. The van der Waals surface area contributed by atoms with Crippen LogP contribution in [0.15, 0.2) is 30.3 Å². The summed E-state index contributed by atoms with van der Waals surface area (Å²) in [6, 6.07) is 10.2. The van der Waals surface area contributed by atoms with E-state index in [9.17, 15) is 14.7 Å². The van der Waals surface area contributed by atoms with Gasteiger partial charge in [-0.05, 0) is 36.8 Å². The number of carboxylic acids is 1. The number of anilines is 1. The van der Waals surface area contributed by atoms with Gasteiger partial charge in [-0.3, -0.25) is 4.79 Å². The van der Waals surface area contributed by atoms with Crippen LogP contribution in [-0.4, -0.2) is 54.7 Å². The average Bonchev–Trinajstić information content (AvgIpc) is 3.09. The van der Waals surface area contributed by atoms with Gasteiger partial charge in [0.15, 0.2) is 0 Å². The number of nitrogens with zero attached hydrogens (tertiary/aromatic N) is 2. The second-order valence-corrected chi connectivity index (χ2v) is 7.40. The Morgan fingerprint density at radius 3 is 2.68 bits per heavy atom. The van der Waals surface area contributed by atoms with Crippen molar-refractivity contribution in [3.63, 3.8) is 0 Å². The first-order valence-corrected chi connectivity index (χ1v) is 9.08. The number of hydrogen-bond acceptors (Lipinski definition) is 3. The van der Waals surface area contributed by atoms with E-state index >= 15 is 0 Å². The molecule has 3 atom stereocenters. The number of carboxylic acid groups (broad SMARTS) is 1. The number of aliphatic carboxylic acids is 1. The lowest BCUT2D eigenvalue weighted by Crippen LogP contribution is -2.50. The number of para-hydroxylation sites is 1. The minimum absolute atomic E-state index is 0.129. The van der Waals surface area contributed by atoms with Gasteiger partial charge in [0, 0.05) is 38.4 Å². The van der Waals surface area contributed by atoms with Crippen molar-refractivity contribution >= 4 is 17.7 Å². The number of rotatable bonds is 4. The molecule has 0 saturated carbocycles. The van der Waals surface area contributed by atoms with Crippen molar-refractivity contribution < 1.29 is 14.7 Å². The summed E-state index contributed by atoms with van der Waals surface area (Å²) in [7, 11) is 0. The van der Waals surface area contributed by atoms with Crippen LogP contribution in [0, 0.1) is 17.8 Å². The number of nitrogens with one attached hydrogen (secondary N) is 1. The zero-order valence-corrected chi connectivity index (χ0v) is 14.7. The number of carbonyl (C=O) groups is 2. The molecule has 6 nitrogen and oxygen atoms in total. The van der Waals surface area contributed by atoms with Crippen molar-refractivity contribution in [2.24, 2.45) is 17.8 Å². The van der Waals surface area contributed by atoms with Crippen LogP contribution in [0.3, 0.4) is 0 Å². The fourth-order valence-corrected chi connectivity index (χ4v) is 3.91. The number of piperidine rings is 1. The van der Waals surface area contributed by atoms with Crippen LogP contribution in [-0.2, 0) is 4.79 Å². The number of carbonyl (C=O) groups excluding carboxylic acids is 1. The molecule has 2 aliphatic rings. The van der Waals surface area contributed by atoms with Gasteiger partial charge in [-0.25, -0.2) is 4.79 Å². The lowest BCUT2D eigenvalue weighted by Gasteiger charge is -2.34. The van der Waals surface area contributed by atoms with Crippen LogP contribution in [0.4, 0.5) is 10.5 Å². The van der Waals surface area contributed by atoms with Gasteiger partial charge in [0.2, 0.25) is 0 Å². The molecule has 6 heteroatoms. The SMILES string of the molecule is CC1CC(C(=O)O)CN(C(=O)NCC2CCN(c3ccccc3)C2)C1. The van der Waals surface area contributed by atoms with E-state index in [1.807, 2.05) is 25.1 Å². The minimum atomic E-state index is -0.807. The van der Waals surface area contributed by atoms with Gasteiger partial charge in [-0.1, -0.05) is 25.1 Å². The summed E-state index contributed by atoms with van der Waals surface area (Å²) in [5, 5.41) is 12.2. The average molecular weight is 345 g/mol. The Hall–Kier alpha value is -2.24. The Kier molecular flexibility index (Phi) is 5.46. The Balaban J connectivity index is 1.47. The van der Waals surface area contributed by atoms with Crippen molar-refractivity contribution in [2.45, 2.75) is 19.8 Å². The largest absolute Gasteiger partial charge is 0.481 e. The molecule has 3 unspecified atom stereocenters. The predicted octanol–water partition coefficient (Wildman–Crippen LogP) is 2.27. The lowest BCUT2D eigenvalue weighted by molar-refractivity contribution is -0.143. The highest BCUT2D eigenvalue weighted by Crippen LogP contribution is 2.24. The van der Waals surface area contributed by atoms with Gasteiger partial charge in [-0.2, -0.15) is 0 Å². The molecule has 2 amide bonds. The molecule has 2 aliphatic heterocycles. The standard InChI is InChI=1S/C19H27N3O3/c1-14-9-16(18(23)24)13-22(11-14)19(25)20-10-15-7-8-21(12-15)17-5-3-2-4-6-17/h2-6,14-16H,7-13H2,1H3,(H,20,25)(H,23,24). The monoisotopic (exact) mass is 345 g/mol. The van der Waals surface area contributed by atoms with Crippen molar-refractivity contribution in [1.29, 1.82) is 0 Å². The quantitative estimate of drug-likeness (QED) is 0.878. The van der Waals surface area contributed by atoms with Crippen molar-refractivity contribution in [3.8, 4) is 0 Å². The van der Waals surface area contributed by atoms with E-state index in [1.165, 1.54) is 5.69 Å². The molecule has 1 aromatic carbocycles. The first kappa shape index (κ1) is 17.6. The van der Waals surface area contributed by atoms with E-state index in [0.717, 1.165) is 19.5 Å². The number of urea groups is 1.